The molecule has 0 unspecified atom stereocenters. The smallest absolute Gasteiger partial charge is 0.406 e. The van der Waals surface area contributed by atoms with Gasteiger partial charge in [0, 0.05) is 28.0 Å². The molecule has 3 nitrogen and oxygen atoms in total. The van der Waals surface area contributed by atoms with Gasteiger partial charge < -0.3 is 4.74 Å². The molecular weight excluding hydrogens is 339 g/mol. The van der Waals surface area contributed by atoms with Crippen LogP contribution in [0.3, 0.4) is 0 Å². The Kier molecular flexibility index (Phi) is 4.08. The molecule has 0 atom stereocenters. The molecule has 1 aromatic carbocycles. The SMILES string of the molecule is O=C(c1cccnc1)c1cc(Br)cc(OC(F)(F)F)c1. The molecule has 0 aliphatic carbocycles. The molecule has 0 saturated carbocycles. The Balaban J connectivity index is 2.35. The maximum Gasteiger partial charge on any atom is 0.573 e. The third-order valence-corrected chi connectivity index (χ3v) is 2.75. The highest BCUT2D eigenvalue weighted by Gasteiger charge is 2.31. The monoisotopic (exact) mass is 345 g/mol. The minimum absolute atomic E-state index is 0.0756. The standard InChI is InChI=1S/C13H7BrF3NO2/c14-10-4-9(5-11(6-10)20-13(15,16)17)12(19)8-2-1-3-18-7-8/h1-7H. The summed E-state index contributed by atoms with van der Waals surface area (Å²) in [7, 11) is 0. The van der Waals surface area contributed by atoms with Gasteiger partial charge >= 0.3 is 6.36 Å². The lowest BCUT2D eigenvalue weighted by Crippen LogP contribution is -2.17. The molecule has 0 bridgehead atoms. The van der Waals surface area contributed by atoms with Gasteiger partial charge in [-0.15, -0.1) is 13.2 Å². The van der Waals surface area contributed by atoms with Gasteiger partial charge in [-0.3, -0.25) is 9.78 Å². The highest BCUT2D eigenvalue weighted by Crippen LogP contribution is 2.28. The van der Waals surface area contributed by atoms with Crippen LogP contribution in [0.5, 0.6) is 5.75 Å². The minimum atomic E-state index is -4.81. The fourth-order valence-electron chi connectivity index (χ4n) is 1.55. The van der Waals surface area contributed by atoms with Crippen molar-refractivity contribution in [3.8, 4) is 5.75 Å². The molecule has 20 heavy (non-hydrogen) atoms. The zero-order valence-electron chi connectivity index (χ0n) is 9.82. The molecule has 0 N–H and O–H groups in total. The summed E-state index contributed by atoms with van der Waals surface area (Å²) in [5.74, 6) is -0.898. The summed E-state index contributed by atoms with van der Waals surface area (Å²) in [5, 5.41) is 0. The summed E-state index contributed by atoms with van der Waals surface area (Å²) < 4.78 is 40.7. The van der Waals surface area contributed by atoms with E-state index in [1.807, 2.05) is 0 Å². The number of ketones is 1. The van der Waals surface area contributed by atoms with Gasteiger partial charge in [0.2, 0.25) is 0 Å². The summed E-state index contributed by atoms with van der Waals surface area (Å²) in [6, 6.07) is 6.68. The molecule has 0 radical (unpaired) electrons. The second-order valence-electron chi connectivity index (χ2n) is 3.79. The van der Waals surface area contributed by atoms with E-state index in [2.05, 4.69) is 25.7 Å². The van der Waals surface area contributed by atoms with Crippen LogP contribution in [0.1, 0.15) is 15.9 Å². The zero-order valence-corrected chi connectivity index (χ0v) is 11.4. The summed E-state index contributed by atoms with van der Waals surface area (Å²) in [6.45, 7) is 0. The van der Waals surface area contributed by atoms with Gasteiger partial charge in [0.1, 0.15) is 5.75 Å². The van der Waals surface area contributed by atoms with Crippen molar-refractivity contribution in [2.45, 2.75) is 6.36 Å². The van der Waals surface area contributed by atoms with Crippen LogP contribution < -0.4 is 4.74 Å². The average molecular weight is 346 g/mol. The van der Waals surface area contributed by atoms with Gasteiger partial charge in [-0.1, -0.05) is 15.9 Å². The number of carbonyl (C=O) groups is 1. The van der Waals surface area contributed by atoms with Crippen molar-refractivity contribution in [3.63, 3.8) is 0 Å². The van der Waals surface area contributed by atoms with Crippen LogP contribution in [-0.2, 0) is 0 Å². The highest BCUT2D eigenvalue weighted by atomic mass is 79.9. The van der Waals surface area contributed by atoms with Crippen LogP contribution in [-0.4, -0.2) is 17.1 Å². The largest absolute Gasteiger partial charge is 0.573 e. The molecule has 2 rings (SSSR count). The first kappa shape index (κ1) is 14.5. The molecule has 1 heterocycles. The lowest BCUT2D eigenvalue weighted by Gasteiger charge is -2.10. The van der Waals surface area contributed by atoms with Gasteiger partial charge in [0.15, 0.2) is 5.78 Å². The maximum atomic E-state index is 12.2. The predicted octanol–water partition coefficient (Wildman–Crippen LogP) is 3.97. The quantitative estimate of drug-likeness (QED) is 0.790. The number of pyridine rings is 1. The Morgan fingerprint density at radius 1 is 1.20 bits per heavy atom. The van der Waals surface area contributed by atoms with Crippen molar-refractivity contribution in [1.82, 2.24) is 4.98 Å². The Morgan fingerprint density at radius 2 is 1.95 bits per heavy atom. The fourth-order valence-corrected chi connectivity index (χ4v) is 2.02. The van der Waals surface area contributed by atoms with Crippen molar-refractivity contribution >= 4 is 21.7 Å². The van der Waals surface area contributed by atoms with Crippen LogP contribution >= 0.6 is 15.9 Å². The lowest BCUT2D eigenvalue weighted by atomic mass is 10.1. The number of halogens is 4. The summed E-state index contributed by atoms with van der Waals surface area (Å²) in [6.07, 6.45) is -1.97. The maximum absolute atomic E-state index is 12.2. The van der Waals surface area contributed by atoms with Gasteiger partial charge in [-0.2, -0.15) is 0 Å². The number of aromatic nitrogens is 1. The van der Waals surface area contributed by atoms with Crippen molar-refractivity contribution in [2.75, 3.05) is 0 Å². The van der Waals surface area contributed by atoms with E-state index in [1.165, 1.54) is 24.5 Å². The first-order chi connectivity index (χ1) is 9.35. The average Bonchev–Trinajstić information content (AvgIpc) is 2.36. The van der Waals surface area contributed by atoms with Crippen LogP contribution in [0.2, 0.25) is 0 Å². The van der Waals surface area contributed by atoms with Crippen LogP contribution in [0, 0.1) is 0 Å². The molecule has 2 aromatic rings. The highest BCUT2D eigenvalue weighted by molar-refractivity contribution is 9.10. The number of hydrogen-bond acceptors (Lipinski definition) is 3. The molecule has 1 aromatic heterocycles. The number of alkyl halides is 3. The van der Waals surface area contributed by atoms with E-state index in [1.54, 1.807) is 6.07 Å². The normalized spacial score (nSPS) is 11.2. The lowest BCUT2D eigenvalue weighted by molar-refractivity contribution is -0.274. The van der Waals surface area contributed by atoms with Crippen molar-refractivity contribution < 1.29 is 22.7 Å². The van der Waals surface area contributed by atoms with Crippen molar-refractivity contribution in [3.05, 3.63) is 58.3 Å². The van der Waals surface area contributed by atoms with Crippen molar-refractivity contribution in [1.29, 1.82) is 0 Å². The number of carbonyl (C=O) groups excluding carboxylic acids is 1. The summed E-state index contributed by atoms with van der Waals surface area (Å²) in [5.41, 5.74) is 0.357. The molecule has 0 aliphatic heterocycles. The van der Waals surface area contributed by atoms with E-state index < -0.39 is 17.9 Å². The molecule has 0 saturated heterocycles. The third-order valence-electron chi connectivity index (χ3n) is 2.29. The fraction of sp³-hybridized carbons (Fsp3) is 0.0769. The van der Waals surface area contributed by atoms with Gasteiger partial charge in [0.05, 0.1) is 0 Å². The molecular formula is C13H7BrF3NO2. The van der Waals surface area contributed by atoms with Gasteiger partial charge in [-0.25, -0.2) is 0 Å². The first-order valence-corrected chi connectivity index (χ1v) is 6.15. The van der Waals surface area contributed by atoms with E-state index in [0.717, 1.165) is 12.1 Å². The topological polar surface area (TPSA) is 39.2 Å². The second-order valence-corrected chi connectivity index (χ2v) is 4.71. The van der Waals surface area contributed by atoms with E-state index in [0.29, 0.717) is 4.47 Å². The molecule has 104 valence electrons. The molecule has 0 aliphatic rings. The Hall–Kier alpha value is -1.89. The second kappa shape index (κ2) is 5.62. The van der Waals surface area contributed by atoms with Gasteiger partial charge in [0.25, 0.3) is 0 Å². The van der Waals surface area contributed by atoms with E-state index in [4.69, 9.17) is 0 Å². The molecule has 0 amide bonds. The van der Waals surface area contributed by atoms with Gasteiger partial charge in [-0.05, 0) is 30.3 Å². The van der Waals surface area contributed by atoms with Crippen LogP contribution in [0.25, 0.3) is 0 Å². The number of hydrogen-bond donors (Lipinski definition) is 0. The number of nitrogens with zero attached hydrogens (tertiary/aromatic N) is 1. The zero-order chi connectivity index (χ0) is 14.8. The Morgan fingerprint density at radius 3 is 2.55 bits per heavy atom. The number of benzene rings is 1. The number of rotatable bonds is 3. The van der Waals surface area contributed by atoms with E-state index >= 15 is 0 Å². The van der Waals surface area contributed by atoms with E-state index in [9.17, 15) is 18.0 Å². The number of ether oxygens (including phenoxy) is 1. The Bertz CT molecular complexity index is 629. The molecule has 0 spiro atoms. The van der Waals surface area contributed by atoms with Crippen LogP contribution in [0.4, 0.5) is 13.2 Å². The minimum Gasteiger partial charge on any atom is -0.406 e. The first-order valence-electron chi connectivity index (χ1n) is 5.36. The van der Waals surface area contributed by atoms with E-state index in [-0.39, 0.29) is 11.1 Å². The Labute approximate surface area is 120 Å². The summed E-state index contributed by atoms with van der Waals surface area (Å²) >= 11 is 3.05. The molecule has 0 fully saturated rings. The van der Waals surface area contributed by atoms with Crippen LogP contribution in [0.15, 0.2) is 47.2 Å². The van der Waals surface area contributed by atoms with Crippen molar-refractivity contribution in [2.24, 2.45) is 0 Å². The third kappa shape index (κ3) is 3.80. The molecule has 7 heteroatoms. The predicted molar refractivity (Wildman–Crippen MR) is 68.5 cm³/mol. The summed E-state index contributed by atoms with van der Waals surface area (Å²) in [4.78, 5) is 15.9.